The first-order chi connectivity index (χ1) is 9.30. The van der Waals surface area contributed by atoms with Gasteiger partial charge in [0, 0.05) is 31.1 Å². The Bertz CT molecular complexity index is 489. The van der Waals surface area contributed by atoms with Crippen molar-refractivity contribution in [3.05, 3.63) is 21.9 Å². The average Bonchev–Trinajstić information content (AvgIpc) is 2.66. The zero-order valence-electron chi connectivity index (χ0n) is 13.0. The van der Waals surface area contributed by atoms with Gasteiger partial charge < -0.3 is 15.2 Å². The number of aromatic nitrogens is 1. The van der Waals surface area contributed by atoms with Gasteiger partial charge in [-0.1, -0.05) is 23.2 Å². The molecule has 1 aromatic rings. The van der Waals surface area contributed by atoms with Crippen LogP contribution in [0.15, 0.2) is 11.1 Å². The first-order valence-electron chi connectivity index (χ1n) is 6.30. The van der Waals surface area contributed by atoms with E-state index in [1.807, 2.05) is 29.4 Å². The van der Waals surface area contributed by atoms with Crippen molar-refractivity contribution in [3.63, 3.8) is 0 Å². The molecule has 0 radical (unpaired) electrons. The van der Waals surface area contributed by atoms with Crippen LogP contribution in [0.2, 0.25) is 10.2 Å². The van der Waals surface area contributed by atoms with E-state index in [2.05, 4.69) is 35.7 Å². The van der Waals surface area contributed by atoms with E-state index in [-0.39, 0.29) is 28.7 Å². The third-order valence-electron chi connectivity index (χ3n) is 3.11. The zero-order chi connectivity index (χ0) is 15.3. The summed E-state index contributed by atoms with van der Waals surface area (Å²) in [5.74, 6) is 0.764. The lowest BCUT2D eigenvalue weighted by Gasteiger charge is -2.23. The van der Waals surface area contributed by atoms with Gasteiger partial charge in [0.05, 0.1) is 11.6 Å². The zero-order valence-corrected chi connectivity index (χ0v) is 17.6. The lowest BCUT2D eigenvalue weighted by molar-refractivity contribution is 0.660. The van der Waals surface area contributed by atoms with Crippen molar-refractivity contribution in [2.24, 2.45) is 12.0 Å². The monoisotopic (exact) mass is 464 g/mol. The van der Waals surface area contributed by atoms with Gasteiger partial charge in [-0.2, -0.15) is 11.8 Å². The second kappa shape index (κ2) is 9.37. The van der Waals surface area contributed by atoms with Crippen molar-refractivity contribution in [3.8, 4) is 0 Å². The summed E-state index contributed by atoms with van der Waals surface area (Å²) >= 11 is 13.9. The van der Waals surface area contributed by atoms with Gasteiger partial charge in [-0.25, -0.2) is 0 Å². The molecule has 1 aromatic heterocycles. The molecule has 0 aromatic carbocycles. The SMILES string of the molecule is CN=C(NCc1cc(Cl)c(Cl)n1C)NCC(C)(C)SC.I. The second-order valence-corrected chi connectivity index (χ2v) is 7.36. The Morgan fingerprint density at radius 3 is 2.43 bits per heavy atom. The molecule has 1 heterocycles. The summed E-state index contributed by atoms with van der Waals surface area (Å²) < 4.78 is 2.02. The van der Waals surface area contributed by atoms with Gasteiger partial charge in [-0.05, 0) is 26.2 Å². The van der Waals surface area contributed by atoms with Gasteiger partial charge >= 0.3 is 0 Å². The summed E-state index contributed by atoms with van der Waals surface area (Å²) in [5.41, 5.74) is 1.01. The molecular formula is C13H23Cl2IN4S. The van der Waals surface area contributed by atoms with Crippen LogP contribution < -0.4 is 10.6 Å². The maximum absolute atomic E-state index is 6.04. The van der Waals surface area contributed by atoms with E-state index in [1.54, 1.807) is 7.05 Å². The highest BCUT2D eigenvalue weighted by Crippen LogP contribution is 2.25. The average molecular weight is 465 g/mol. The summed E-state index contributed by atoms with van der Waals surface area (Å²) in [4.78, 5) is 4.21. The lowest BCUT2D eigenvalue weighted by Crippen LogP contribution is -2.43. The first-order valence-corrected chi connectivity index (χ1v) is 8.28. The minimum absolute atomic E-state index is 0. The topological polar surface area (TPSA) is 41.4 Å². The minimum atomic E-state index is 0. The van der Waals surface area contributed by atoms with E-state index >= 15 is 0 Å². The molecule has 4 nitrogen and oxygen atoms in total. The molecule has 0 aliphatic heterocycles. The van der Waals surface area contributed by atoms with Crippen LogP contribution in [0.5, 0.6) is 0 Å². The number of nitrogens with zero attached hydrogens (tertiary/aromatic N) is 2. The van der Waals surface area contributed by atoms with E-state index in [4.69, 9.17) is 23.2 Å². The van der Waals surface area contributed by atoms with Crippen LogP contribution in [0.1, 0.15) is 19.5 Å². The van der Waals surface area contributed by atoms with Crippen molar-refractivity contribution in [1.82, 2.24) is 15.2 Å². The molecule has 8 heteroatoms. The van der Waals surface area contributed by atoms with E-state index in [0.29, 0.717) is 16.7 Å². The Kier molecular flexibility index (Phi) is 9.47. The molecule has 2 N–H and O–H groups in total. The Balaban J connectivity index is 0.00000400. The van der Waals surface area contributed by atoms with Crippen molar-refractivity contribution < 1.29 is 0 Å². The summed E-state index contributed by atoms with van der Waals surface area (Å²) in [5, 5.41) is 7.69. The van der Waals surface area contributed by atoms with Gasteiger partial charge in [-0.3, -0.25) is 4.99 Å². The van der Waals surface area contributed by atoms with Crippen LogP contribution in [0.4, 0.5) is 0 Å². The third kappa shape index (κ3) is 6.46. The highest BCUT2D eigenvalue weighted by Gasteiger charge is 2.16. The van der Waals surface area contributed by atoms with Crippen LogP contribution >= 0.6 is 58.9 Å². The largest absolute Gasteiger partial charge is 0.355 e. The maximum Gasteiger partial charge on any atom is 0.191 e. The maximum atomic E-state index is 6.04. The molecule has 0 unspecified atom stereocenters. The molecule has 0 fully saturated rings. The van der Waals surface area contributed by atoms with Crippen molar-refractivity contribution in [1.29, 1.82) is 0 Å². The first kappa shape index (κ1) is 21.2. The second-order valence-electron chi connectivity index (χ2n) is 5.08. The highest BCUT2D eigenvalue weighted by molar-refractivity contribution is 14.0. The van der Waals surface area contributed by atoms with Crippen molar-refractivity contribution in [2.75, 3.05) is 19.8 Å². The summed E-state index contributed by atoms with van der Waals surface area (Å²) in [7, 11) is 3.64. The van der Waals surface area contributed by atoms with E-state index < -0.39 is 0 Å². The number of halogens is 3. The molecule has 0 spiro atoms. The van der Waals surface area contributed by atoms with Gasteiger partial charge in [0.15, 0.2) is 5.96 Å². The van der Waals surface area contributed by atoms with Crippen LogP contribution in [0.3, 0.4) is 0 Å². The number of nitrogens with one attached hydrogen (secondary N) is 2. The van der Waals surface area contributed by atoms with Gasteiger partial charge in [0.25, 0.3) is 0 Å². The fourth-order valence-corrected chi connectivity index (χ4v) is 2.15. The Morgan fingerprint density at radius 2 is 2.00 bits per heavy atom. The number of hydrogen-bond acceptors (Lipinski definition) is 2. The number of guanidine groups is 1. The van der Waals surface area contributed by atoms with Crippen molar-refractivity contribution >= 4 is 64.9 Å². The fourth-order valence-electron chi connectivity index (χ4n) is 1.52. The fraction of sp³-hybridized carbons (Fsp3) is 0.615. The Hall–Kier alpha value is 0.210. The molecule has 0 saturated carbocycles. The minimum Gasteiger partial charge on any atom is -0.355 e. The molecule has 0 atom stereocenters. The van der Waals surface area contributed by atoms with Crippen LogP contribution in [0.25, 0.3) is 0 Å². The summed E-state index contributed by atoms with van der Waals surface area (Å²) in [6, 6.07) is 1.86. The quantitative estimate of drug-likeness (QED) is 0.396. The van der Waals surface area contributed by atoms with E-state index in [1.165, 1.54) is 0 Å². The number of aliphatic imine (C=N–C) groups is 1. The van der Waals surface area contributed by atoms with Crippen molar-refractivity contribution in [2.45, 2.75) is 25.1 Å². The molecule has 0 amide bonds. The van der Waals surface area contributed by atoms with Crippen LogP contribution in [0, 0.1) is 0 Å². The number of rotatable bonds is 5. The van der Waals surface area contributed by atoms with E-state index in [0.717, 1.165) is 18.2 Å². The number of hydrogen-bond donors (Lipinski definition) is 2. The summed E-state index contributed by atoms with van der Waals surface area (Å²) in [6.07, 6.45) is 2.10. The van der Waals surface area contributed by atoms with Gasteiger partial charge in [0.1, 0.15) is 5.15 Å². The predicted octanol–water partition coefficient (Wildman–Crippen LogP) is 3.76. The molecule has 122 valence electrons. The third-order valence-corrected chi connectivity index (χ3v) is 5.20. The van der Waals surface area contributed by atoms with Gasteiger partial charge in [-0.15, -0.1) is 24.0 Å². The molecular weight excluding hydrogens is 442 g/mol. The molecule has 0 aliphatic carbocycles. The molecule has 0 aliphatic rings. The Morgan fingerprint density at radius 1 is 1.38 bits per heavy atom. The molecule has 0 saturated heterocycles. The van der Waals surface area contributed by atoms with Crippen LogP contribution in [-0.2, 0) is 13.6 Å². The van der Waals surface area contributed by atoms with Crippen LogP contribution in [-0.4, -0.2) is 35.1 Å². The lowest BCUT2D eigenvalue weighted by atomic mass is 10.2. The van der Waals surface area contributed by atoms with E-state index in [9.17, 15) is 0 Å². The normalized spacial score (nSPS) is 12.0. The molecule has 0 bridgehead atoms. The molecule has 21 heavy (non-hydrogen) atoms. The standard InChI is InChI=1S/C13H22Cl2N4S.HI/c1-13(2,20-5)8-18-12(16-3)17-7-9-6-10(14)11(15)19(9)4;/h6H,7-8H2,1-5H3,(H2,16,17,18);1H. The Labute approximate surface area is 158 Å². The molecule has 1 rings (SSSR count). The predicted molar refractivity (Wildman–Crippen MR) is 107 cm³/mol. The number of thioether (sulfide) groups is 1. The smallest absolute Gasteiger partial charge is 0.191 e. The highest BCUT2D eigenvalue weighted by atomic mass is 127. The summed E-state index contributed by atoms with van der Waals surface area (Å²) in [6.45, 7) is 5.83. The van der Waals surface area contributed by atoms with Gasteiger partial charge in [0.2, 0.25) is 0 Å².